The van der Waals surface area contributed by atoms with Gasteiger partial charge in [-0.15, -0.1) is 6.58 Å². The molecule has 322 valence electrons. The van der Waals surface area contributed by atoms with Crippen molar-refractivity contribution >= 4 is 11.9 Å². The molecule has 0 bridgehead atoms. The fourth-order valence-electron chi connectivity index (χ4n) is 8.23. The fraction of sp³-hybridized carbons (Fsp3) is 0.778. The van der Waals surface area contributed by atoms with Crippen LogP contribution in [0.15, 0.2) is 36.3 Å². The van der Waals surface area contributed by atoms with Crippen LogP contribution in [0.3, 0.4) is 0 Å². The minimum absolute atomic E-state index is 0.00815. The summed E-state index contributed by atoms with van der Waals surface area (Å²) in [5.41, 5.74) is 0.108. The van der Waals surface area contributed by atoms with Crippen LogP contribution in [0.2, 0.25) is 0 Å². The summed E-state index contributed by atoms with van der Waals surface area (Å²) in [5, 5.41) is 91.6. The van der Waals surface area contributed by atoms with Crippen molar-refractivity contribution in [1.82, 2.24) is 0 Å². The predicted octanol–water partition coefficient (Wildman–Crippen LogP) is -4.00. The van der Waals surface area contributed by atoms with Gasteiger partial charge in [0.2, 0.25) is 12.6 Å². The number of rotatable bonds is 12. The van der Waals surface area contributed by atoms with E-state index < -0.39 is 147 Å². The highest BCUT2D eigenvalue weighted by molar-refractivity contribution is 5.90. The lowest BCUT2D eigenvalue weighted by molar-refractivity contribution is -0.342. The van der Waals surface area contributed by atoms with Gasteiger partial charge < -0.3 is 93.3 Å². The molecule has 21 nitrogen and oxygen atoms in total. The van der Waals surface area contributed by atoms with Crippen LogP contribution < -0.4 is 0 Å². The number of carbonyl (C=O) groups is 2. The van der Waals surface area contributed by atoms with Crippen molar-refractivity contribution < 1.29 is 103 Å². The van der Waals surface area contributed by atoms with Gasteiger partial charge in [-0.2, -0.15) is 0 Å². The van der Waals surface area contributed by atoms with Crippen LogP contribution in [0.5, 0.6) is 0 Å². The fourth-order valence-corrected chi connectivity index (χ4v) is 8.23. The maximum atomic E-state index is 14.2. The van der Waals surface area contributed by atoms with Crippen molar-refractivity contribution in [3.8, 4) is 0 Å². The zero-order valence-corrected chi connectivity index (χ0v) is 31.2. The van der Waals surface area contributed by atoms with Crippen molar-refractivity contribution in [2.45, 2.75) is 112 Å². The Morgan fingerprint density at radius 1 is 0.772 bits per heavy atom. The molecule has 57 heavy (non-hydrogen) atoms. The van der Waals surface area contributed by atoms with Crippen LogP contribution >= 0.6 is 0 Å². The first-order chi connectivity index (χ1) is 27.2. The summed E-state index contributed by atoms with van der Waals surface area (Å²) in [6.45, 7) is 4.12. The zero-order valence-electron chi connectivity index (χ0n) is 31.2. The maximum absolute atomic E-state index is 14.2. The van der Waals surface area contributed by atoms with Crippen molar-refractivity contribution in [3.05, 3.63) is 36.3 Å². The minimum Gasteiger partial charge on any atom is -0.472 e. The Bertz CT molecular complexity index is 1460. The zero-order chi connectivity index (χ0) is 41.3. The van der Waals surface area contributed by atoms with E-state index in [2.05, 4.69) is 6.58 Å². The van der Waals surface area contributed by atoms with Gasteiger partial charge in [0.25, 0.3) is 0 Å². The molecule has 6 aliphatic rings. The normalized spacial score (nSPS) is 46.0. The molecule has 0 aromatic heterocycles. The quantitative estimate of drug-likeness (QED) is 0.0669. The van der Waals surface area contributed by atoms with E-state index in [-0.39, 0.29) is 37.2 Å². The number of aliphatic hydroxyl groups excluding tert-OH is 9. The van der Waals surface area contributed by atoms with E-state index in [1.807, 2.05) is 0 Å². The Morgan fingerprint density at radius 3 is 1.86 bits per heavy atom. The average molecular weight is 821 g/mol. The summed E-state index contributed by atoms with van der Waals surface area (Å²) >= 11 is 0. The number of hydrogen-bond donors (Lipinski definition) is 9. The lowest BCUT2D eigenvalue weighted by Crippen LogP contribution is -2.60. The molecule has 0 aromatic carbocycles. The first kappa shape index (κ1) is 43.7. The Hall–Kier alpha value is -2.84. The summed E-state index contributed by atoms with van der Waals surface area (Å²) in [6.07, 6.45) is -17.4. The van der Waals surface area contributed by atoms with Crippen LogP contribution in [0.25, 0.3) is 0 Å². The number of aliphatic hydroxyl groups is 9. The van der Waals surface area contributed by atoms with Gasteiger partial charge in [0.1, 0.15) is 61.0 Å². The average Bonchev–Trinajstić information content (AvgIpc) is 3.53. The summed E-state index contributed by atoms with van der Waals surface area (Å²) in [7, 11) is 1.19. The van der Waals surface area contributed by atoms with E-state index in [9.17, 15) is 55.5 Å². The number of methoxy groups -OCH3 is 1. The Labute approximate surface area is 326 Å². The molecule has 0 spiro atoms. The number of fused-ring (bicyclic) bond motifs is 1. The first-order valence-electron chi connectivity index (χ1n) is 18.7. The molecule has 1 aliphatic carbocycles. The van der Waals surface area contributed by atoms with Gasteiger partial charge in [0.05, 0.1) is 57.2 Å². The molecule has 0 aromatic rings. The number of ether oxygens (including phenoxy) is 10. The second-order valence-corrected chi connectivity index (χ2v) is 14.9. The SMILES string of the molecule is C=CC1C(OC2OC(CO)C(O)C(O)C2O)OC=C(C(=O)OC2CC3C(C(=O)OC)=COC(OC4OC(CO)C(O)C(O)C4O)C3C2C)C1CC1OCC(O)CO1. The van der Waals surface area contributed by atoms with Crippen molar-refractivity contribution in [2.24, 2.45) is 29.6 Å². The van der Waals surface area contributed by atoms with Crippen molar-refractivity contribution in [3.63, 3.8) is 0 Å². The van der Waals surface area contributed by atoms with Gasteiger partial charge in [0, 0.05) is 36.0 Å². The van der Waals surface area contributed by atoms with E-state index in [0.29, 0.717) is 0 Å². The standard InChI is InChI=1S/C36H52O21/c1-4-15-16(6-23-49-9-14(39)10-50-23)18(11-51-33(15)56-35-29(44)27(42)25(40)21(7-37)54-35)32(47)53-20-5-17-19(31(46)48-3)12-52-34(24(17)13(20)2)57-36-30(45)28(43)26(41)22(8-38)55-36/h4,11-17,20-30,33-45H,1,5-10H2,2-3H3. The summed E-state index contributed by atoms with van der Waals surface area (Å²) in [5.74, 6) is -5.32. The van der Waals surface area contributed by atoms with Crippen LogP contribution in [-0.2, 0) is 57.0 Å². The molecule has 0 amide bonds. The topological polar surface area (TPSA) is 309 Å². The molecule has 0 radical (unpaired) electrons. The summed E-state index contributed by atoms with van der Waals surface area (Å²) in [6, 6.07) is 0. The van der Waals surface area contributed by atoms with Crippen LogP contribution in [0.4, 0.5) is 0 Å². The van der Waals surface area contributed by atoms with E-state index >= 15 is 0 Å². The van der Waals surface area contributed by atoms with E-state index in [1.54, 1.807) is 6.92 Å². The number of esters is 2. The van der Waals surface area contributed by atoms with Crippen LogP contribution in [0, 0.1) is 29.6 Å². The molecule has 18 atom stereocenters. The lowest BCUT2D eigenvalue weighted by atomic mass is 9.81. The summed E-state index contributed by atoms with van der Waals surface area (Å²) < 4.78 is 57.0. The van der Waals surface area contributed by atoms with Gasteiger partial charge in [-0.1, -0.05) is 13.0 Å². The molecule has 18 unspecified atom stereocenters. The highest BCUT2D eigenvalue weighted by Crippen LogP contribution is 2.49. The molecule has 6 rings (SSSR count). The Kier molecular flexibility index (Phi) is 14.3. The molecule has 5 heterocycles. The van der Waals surface area contributed by atoms with Crippen LogP contribution in [-0.4, -0.2) is 184 Å². The molecular weight excluding hydrogens is 768 g/mol. The van der Waals surface area contributed by atoms with Crippen molar-refractivity contribution in [2.75, 3.05) is 33.5 Å². The molecule has 21 heteroatoms. The third kappa shape index (κ3) is 8.88. The van der Waals surface area contributed by atoms with E-state index in [1.165, 1.54) is 13.2 Å². The minimum atomic E-state index is -1.76. The Morgan fingerprint density at radius 2 is 1.32 bits per heavy atom. The molecule has 5 aliphatic heterocycles. The van der Waals surface area contributed by atoms with Gasteiger partial charge in [0.15, 0.2) is 18.9 Å². The number of hydrogen-bond acceptors (Lipinski definition) is 21. The molecular formula is C36H52O21. The largest absolute Gasteiger partial charge is 0.472 e. The third-order valence-corrected chi connectivity index (χ3v) is 11.5. The maximum Gasteiger partial charge on any atom is 0.337 e. The smallest absolute Gasteiger partial charge is 0.337 e. The molecule has 1 saturated carbocycles. The van der Waals surface area contributed by atoms with E-state index in [0.717, 1.165) is 12.5 Å². The lowest BCUT2D eigenvalue weighted by Gasteiger charge is -2.43. The second-order valence-electron chi connectivity index (χ2n) is 14.9. The van der Waals surface area contributed by atoms with E-state index in [4.69, 9.17) is 47.4 Å². The van der Waals surface area contributed by atoms with Crippen LogP contribution in [0.1, 0.15) is 19.8 Å². The van der Waals surface area contributed by atoms with Gasteiger partial charge in [-0.05, 0) is 6.42 Å². The van der Waals surface area contributed by atoms with Gasteiger partial charge in [-0.3, -0.25) is 0 Å². The predicted molar refractivity (Wildman–Crippen MR) is 182 cm³/mol. The first-order valence-corrected chi connectivity index (χ1v) is 18.7. The van der Waals surface area contributed by atoms with Gasteiger partial charge >= 0.3 is 11.9 Å². The highest BCUT2D eigenvalue weighted by Gasteiger charge is 2.56. The van der Waals surface area contributed by atoms with Gasteiger partial charge in [-0.25, -0.2) is 9.59 Å². The third-order valence-electron chi connectivity index (χ3n) is 11.5. The Balaban J connectivity index is 1.23. The number of carbonyl (C=O) groups excluding carboxylic acids is 2. The summed E-state index contributed by atoms with van der Waals surface area (Å²) in [4.78, 5) is 27.1. The second kappa shape index (κ2) is 18.6. The molecule has 9 N–H and O–H groups in total. The highest BCUT2D eigenvalue weighted by atomic mass is 16.8. The molecule has 3 saturated heterocycles. The molecule has 4 fully saturated rings. The monoisotopic (exact) mass is 820 g/mol. The van der Waals surface area contributed by atoms with Crippen molar-refractivity contribution in [1.29, 1.82) is 0 Å².